The Morgan fingerprint density at radius 2 is 1.79 bits per heavy atom. The molecule has 1 aromatic carbocycles. The van der Waals surface area contributed by atoms with Gasteiger partial charge in [-0.1, -0.05) is 0 Å². The molecule has 0 N–H and O–H groups in total. The largest absolute Gasteiger partial charge is 0.490 e. The van der Waals surface area contributed by atoms with Crippen molar-refractivity contribution in [2.24, 2.45) is 0 Å². The first-order chi connectivity index (χ1) is 16.0. The summed E-state index contributed by atoms with van der Waals surface area (Å²) in [4.78, 5) is 29.8. The van der Waals surface area contributed by atoms with Crippen molar-refractivity contribution in [2.45, 2.75) is 63.1 Å². The van der Waals surface area contributed by atoms with Gasteiger partial charge in [0.15, 0.2) is 0 Å². The predicted octanol–water partition coefficient (Wildman–Crippen LogP) is 3.16. The maximum Gasteiger partial charge on any atom is 0.225 e. The molecule has 0 bridgehead atoms. The van der Waals surface area contributed by atoms with E-state index in [-0.39, 0.29) is 36.8 Å². The Kier molecular flexibility index (Phi) is 8.20. The van der Waals surface area contributed by atoms with Gasteiger partial charge in [-0.15, -0.1) is 0 Å². The maximum absolute atomic E-state index is 13.3. The summed E-state index contributed by atoms with van der Waals surface area (Å²) in [5.41, 5.74) is -0.930. The average molecular weight is 463 g/mol. The van der Waals surface area contributed by atoms with Crippen molar-refractivity contribution in [3.05, 3.63) is 30.1 Å². The summed E-state index contributed by atoms with van der Waals surface area (Å²) < 4.78 is 31.0. The van der Waals surface area contributed by atoms with E-state index in [2.05, 4.69) is 0 Å². The highest BCUT2D eigenvalue weighted by molar-refractivity contribution is 5.79. The van der Waals surface area contributed by atoms with Crippen molar-refractivity contribution < 1.29 is 28.2 Å². The second-order valence-corrected chi connectivity index (χ2v) is 9.38. The third kappa shape index (κ3) is 6.67. The minimum absolute atomic E-state index is 0.0334. The van der Waals surface area contributed by atoms with Crippen LogP contribution in [0.2, 0.25) is 0 Å². The molecule has 2 atom stereocenters. The molecule has 3 heterocycles. The molecule has 0 saturated carbocycles. The molecule has 3 aliphatic heterocycles. The molecule has 2 unspecified atom stereocenters. The second-order valence-electron chi connectivity index (χ2n) is 9.38. The molecule has 3 saturated heterocycles. The molecule has 3 fully saturated rings. The zero-order valence-electron chi connectivity index (χ0n) is 19.3. The number of ether oxygens (including phenoxy) is 3. The zero-order chi connectivity index (χ0) is 23.1. The number of morpholine rings is 1. The number of benzene rings is 1. The molecule has 1 aromatic rings. The minimum atomic E-state index is -0.930. The van der Waals surface area contributed by atoms with Gasteiger partial charge in [0, 0.05) is 32.7 Å². The van der Waals surface area contributed by atoms with E-state index in [1.165, 1.54) is 12.1 Å². The number of carbonyl (C=O) groups excluding carboxylic acids is 2. The normalized spacial score (nSPS) is 25.8. The van der Waals surface area contributed by atoms with E-state index in [0.29, 0.717) is 31.9 Å². The first-order valence-corrected chi connectivity index (χ1v) is 12.2. The summed E-state index contributed by atoms with van der Waals surface area (Å²) >= 11 is 0. The SMILES string of the molecule is O=C(CC1(COc2ccc(F)cc2)CN(C(=O)CCC2CCCO2)CCO1)N1CCCCC1. The lowest BCUT2D eigenvalue weighted by molar-refractivity contribution is -0.166. The number of nitrogens with zero attached hydrogens (tertiary/aromatic N) is 2. The van der Waals surface area contributed by atoms with Gasteiger partial charge in [-0.05, 0) is 62.8 Å². The van der Waals surface area contributed by atoms with Gasteiger partial charge in [0.25, 0.3) is 0 Å². The Morgan fingerprint density at radius 1 is 1.00 bits per heavy atom. The molecule has 182 valence electrons. The number of hydrogen-bond acceptors (Lipinski definition) is 5. The lowest BCUT2D eigenvalue weighted by Crippen LogP contribution is -2.58. The van der Waals surface area contributed by atoms with Crippen LogP contribution in [0.1, 0.15) is 51.4 Å². The monoisotopic (exact) mass is 462 g/mol. The Hall–Kier alpha value is -2.19. The van der Waals surface area contributed by atoms with Gasteiger partial charge in [0.1, 0.15) is 23.8 Å². The van der Waals surface area contributed by atoms with E-state index in [1.54, 1.807) is 17.0 Å². The van der Waals surface area contributed by atoms with E-state index in [1.807, 2.05) is 4.90 Å². The molecular weight excluding hydrogens is 427 g/mol. The van der Waals surface area contributed by atoms with Gasteiger partial charge in [-0.2, -0.15) is 0 Å². The van der Waals surface area contributed by atoms with Crippen LogP contribution in [0, 0.1) is 5.82 Å². The fraction of sp³-hybridized carbons (Fsp3) is 0.680. The fourth-order valence-electron chi connectivity index (χ4n) is 4.89. The second kappa shape index (κ2) is 11.3. The van der Waals surface area contributed by atoms with Crippen LogP contribution in [0.5, 0.6) is 5.75 Å². The highest BCUT2D eigenvalue weighted by Crippen LogP contribution is 2.27. The molecule has 7 nitrogen and oxygen atoms in total. The van der Waals surface area contributed by atoms with Crippen LogP contribution in [0.25, 0.3) is 0 Å². The van der Waals surface area contributed by atoms with E-state index in [9.17, 15) is 14.0 Å². The van der Waals surface area contributed by atoms with E-state index in [4.69, 9.17) is 14.2 Å². The molecule has 8 heteroatoms. The highest BCUT2D eigenvalue weighted by Gasteiger charge is 2.42. The number of piperidine rings is 1. The summed E-state index contributed by atoms with van der Waals surface area (Å²) in [6, 6.07) is 5.79. The average Bonchev–Trinajstić information content (AvgIpc) is 3.37. The molecule has 0 radical (unpaired) electrons. The van der Waals surface area contributed by atoms with E-state index < -0.39 is 5.60 Å². The molecule has 0 aromatic heterocycles. The van der Waals surface area contributed by atoms with Crippen LogP contribution >= 0.6 is 0 Å². The predicted molar refractivity (Wildman–Crippen MR) is 120 cm³/mol. The lowest BCUT2D eigenvalue weighted by atomic mass is 9.95. The summed E-state index contributed by atoms with van der Waals surface area (Å²) in [6.45, 7) is 3.58. The highest BCUT2D eigenvalue weighted by atomic mass is 19.1. The summed E-state index contributed by atoms with van der Waals surface area (Å²) in [6.07, 6.45) is 6.72. The third-order valence-electron chi connectivity index (χ3n) is 6.80. The van der Waals surface area contributed by atoms with Crippen molar-refractivity contribution in [3.8, 4) is 5.75 Å². The lowest BCUT2D eigenvalue weighted by Gasteiger charge is -2.43. The maximum atomic E-state index is 13.3. The van der Waals surface area contributed by atoms with Gasteiger partial charge in [0.05, 0.1) is 25.7 Å². The van der Waals surface area contributed by atoms with Crippen LogP contribution in [-0.2, 0) is 19.1 Å². The quantitative estimate of drug-likeness (QED) is 0.594. The molecule has 4 rings (SSSR count). The smallest absolute Gasteiger partial charge is 0.225 e. The molecule has 0 spiro atoms. The molecule has 0 aliphatic carbocycles. The number of hydrogen-bond donors (Lipinski definition) is 0. The summed E-state index contributed by atoms with van der Waals surface area (Å²) in [7, 11) is 0. The summed E-state index contributed by atoms with van der Waals surface area (Å²) in [5, 5.41) is 0. The fourth-order valence-corrected chi connectivity index (χ4v) is 4.89. The first kappa shape index (κ1) is 24.0. The van der Waals surface area contributed by atoms with Crippen molar-refractivity contribution in [1.29, 1.82) is 0 Å². The van der Waals surface area contributed by atoms with Crippen LogP contribution in [0.3, 0.4) is 0 Å². The number of amides is 2. The minimum Gasteiger partial charge on any atom is -0.490 e. The van der Waals surface area contributed by atoms with E-state index in [0.717, 1.165) is 58.2 Å². The van der Waals surface area contributed by atoms with Crippen molar-refractivity contribution in [1.82, 2.24) is 9.80 Å². The number of rotatable bonds is 8. The van der Waals surface area contributed by atoms with Crippen molar-refractivity contribution in [2.75, 3.05) is 46.0 Å². The van der Waals surface area contributed by atoms with Crippen molar-refractivity contribution >= 4 is 11.8 Å². The van der Waals surface area contributed by atoms with E-state index >= 15 is 0 Å². The molecule has 2 amide bonds. The van der Waals surface area contributed by atoms with Gasteiger partial charge in [-0.25, -0.2) is 4.39 Å². The topological polar surface area (TPSA) is 68.3 Å². The Balaban J connectivity index is 1.42. The summed E-state index contributed by atoms with van der Waals surface area (Å²) in [5.74, 6) is 0.261. The van der Waals surface area contributed by atoms with Gasteiger partial charge >= 0.3 is 0 Å². The van der Waals surface area contributed by atoms with Crippen LogP contribution < -0.4 is 4.74 Å². The first-order valence-electron chi connectivity index (χ1n) is 12.2. The zero-order valence-corrected chi connectivity index (χ0v) is 19.3. The van der Waals surface area contributed by atoms with Crippen LogP contribution in [0.4, 0.5) is 4.39 Å². The van der Waals surface area contributed by atoms with Crippen LogP contribution in [0.15, 0.2) is 24.3 Å². The van der Waals surface area contributed by atoms with Crippen LogP contribution in [-0.4, -0.2) is 79.3 Å². The standard InChI is InChI=1S/C25H35FN2O5/c26-20-6-8-22(9-7-20)32-19-25(17-24(30)27-12-2-1-3-13-27)18-28(14-16-33-25)23(29)11-10-21-5-4-15-31-21/h6-9,21H,1-5,10-19H2. The third-order valence-corrected chi connectivity index (χ3v) is 6.80. The molecule has 33 heavy (non-hydrogen) atoms. The number of halogens is 1. The Bertz CT molecular complexity index is 792. The van der Waals surface area contributed by atoms with Crippen molar-refractivity contribution in [3.63, 3.8) is 0 Å². The van der Waals surface area contributed by atoms with Gasteiger partial charge < -0.3 is 24.0 Å². The number of likely N-dealkylation sites (tertiary alicyclic amines) is 1. The molecular formula is C25H35FN2O5. The van der Waals surface area contributed by atoms with Gasteiger partial charge in [0.2, 0.25) is 11.8 Å². The van der Waals surface area contributed by atoms with Gasteiger partial charge in [-0.3, -0.25) is 9.59 Å². The Morgan fingerprint density at radius 3 is 2.52 bits per heavy atom. The Labute approximate surface area is 195 Å². The molecule has 3 aliphatic rings. The number of carbonyl (C=O) groups is 2.